The molecule has 5 atom stereocenters. The number of aliphatic hydroxyl groups is 5. The summed E-state index contributed by atoms with van der Waals surface area (Å²) < 4.78 is 11.3. The van der Waals surface area contributed by atoms with Crippen LogP contribution in [0.4, 0.5) is 0 Å². The van der Waals surface area contributed by atoms with Crippen molar-refractivity contribution in [1.29, 1.82) is 0 Å². The lowest BCUT2D eigenvalue weighted by atomic mass is 9.81. The zero-order valence-electron chi connectivity index (χ0n) is 15.3. The molecule has 1 saturated carbocycles. The van der Waals surface area contributed by atoms with Crippen LogP contribution in [-0.2, 0) is 13.0 Å². The molecule has 7 nitrogen and oxygen atoms in total. The minimum absolute atomic E-state index is 0.168. The van der Waals surface area contributed by atoms with E-state index in [0.29, 0.717) is 17.1 Å². The van der Waals surface area contributed by atoms with Crippen molar-refractivity contribution in [3.05, 3.63) is 23.3 Å². The second kappa shape index (κ2) is 9.53. The lowest BCUT2D eigenvalue weighted by molar-refractivity contribution is -0.157. The van der Waals surface area contributed by atoms with Gasteiger partial charge in [0.25, 0.3) is 0 Å². The van der Waals surface area contributed by atoms with Gasteiger partial charge in [0.15, 0.2) is 11.5 Å². The topological polar surface area (TPSA) is 120 Å². The van der Waals surface area contributed by atoms with Crippen LogP contribution in [0.15, 0.2) is 12.1 Å². The molecule has 1 aromatic carbocycles. The molecule has 0 heterocycles. The molecule has 2 rings (SSSR count). The maximum absolute atomic E-state index is 10.3. The van der Waals surface area contributed by atoms with Crippen molar-refractivity contribution < 1.29 is 35.0 Å². The molecule has 0 saturated heterocycles. The monoisotopic (exact) mass is 370 g/mol. The summed E-state index contributed by atoms with van der Waals surface area (Å²) in [5.41, 5.74) is 1.55. The van der Waals surface area contributed by atoms with Crippen LogP contribution in [0.1, 0.15) is 37.3 Å². The Hall–Kier alpha value is -1.38. The molecule has 0 aliphatic heterocycles. The van der Waals surface area contributed by atoms with Crippen LogP contribution in [0.3, 0.4) is 0 Å². The predicted octanol–water partition coefficient (Wildman–Crippen LogP) is 0.372. The molecule has 1 aromatic rings. The van der Waals surface area contributed by atoms with Crippen molar-refractivity contribution in [2.24, 2.45) is 5.92 Å². The van der Waals surface area contributed by atoms with Crippen LogP contribution in [0.2, 0.25) is 0 Å². The largest absolute Gasteiger partial charge is 0.493 e. The van der Waals surface area contributed by atoms with Crippen molar-refractivity contribution in [3.63, 3.8) is 0 Å². The molecule has 1 fully saturated rings. The standard InChI is InChI=1S/C19H30O7/c1-3-4-5-11-6-13(10-21)19(15(7-11)25-2)26-14-8-12(9-20)16(22)18(24)17(14)23/h6-7,12,14,16-18,20-24H,3-5,8-10H2,1-2H3. The van der Waals surface area contributed by atoms with Crippen molar-refractivity contribution in [2.75, 3.05) is 13.7 Å². The minimum Gasteiger partial charge on any atom is -0.493 e. The summed E-state index contributed by atoms with van der Waals surface area (Å²) in [7, 11) is 1.50. The van der Waals surface area contributed by atoms with Gasteiger partial charge in [-0.05, 0) is 37.0 Å². The Bertz CT molecular complexity index is 550. The number of hydrogen-bond acceptors (Lipinski definition) is 7. The van der Waals surface area contributed by atoms with Gasteiger partial charge in [-0.15, -0.1) is 0 Å². The Labute approximate surface area is 153 Å². The molecule has 0 aromatic heterocycles. The second-order valence-electron chi connectivity index (χ2n) is 6.85. The molecular formula is C19H30O7. The van der Waals surface area contributed by atoms with Gasteiger partial charge in [-0.25, -0.2) is 0 Å². The number of methoxy groups -OCH3 is 1. The highest BCUT2D eigenvalue weighted by Crippen LogP contribution is 2.37. The molecule has 0 radical (unpaired) electrons. The number of unbranched alkanes of at least 4 members (excludes halogenated alkanes) is 1. The molecule has 0 bridgehead atoms. The van der Waals surface area contributed by atoms with E-state index in [-0.39, 0.29) is 19.6 Å². The van der Waals surface area contributed by atoms with Crippen LogP contribution < -0.4 is 9.47 Å². The van der Waals surface area contributed by atoms with Crippen molar-refractivity contribution in [1.82, 2.24) is 0 Å². The van der Waals surface area contributed by atoms with Crippen molar-refractivity contribution in [2.45, 2.75) is 63.6 Å². The number of benzene rings is 1. The van der Waals surface area contributed by atoms with Crippen LogP contribution in [0.5, 0.6) is 11.5 Å². The SMILES string of the molecule is CCCCc1cc(CO)c(OC2CC(CO)C(O)C(O)C2O)c(OC)c1. The highest BCUT2D eigenvalue weighted by Gasteiger charge is 2.44. The van der Waals surface area contributed by atoms with Gasteiger partial charge in [-0.2, -0.15) is 0 Å². The summed E-state index contributed by atoms with van der Waals surface area (Å²) in [6.45, 7) is 1.51. The fourth-order valence-electron chi connectivity index (χ4n) is 3.38. The third-order valence-electron chi connectivity index (χ3n) is 5.00. The van der Waals surface area contributed by atoms with Crippen LogP contribution >= 0.6 is 0 Å². The van der Waals surface area contributed by atoms with E-state index in [4.69, 9.17) is 9.47 Å². The van der Waals surface area contributed by atoms with Gasteiger partial charge < -0.3 is 35.0 Å². The normalized spacial score (nSPS) is 28.8. The first-order valence-electron chi connectivity index (χ1n) is 9.09. The lowest BCUT2D eigenvalue weighted by Gasteiger charge is -2.40. The molecule has 0 spiro atoms. The van der Waals surface area contributed by atoms with E-state index in [9.17, 15) is 25.5 Å². The predicted molar refractivity (Wildman–Crippen MR) is 95.2 cm³/mol. The number of hydrogen-bond donors (Lipinski definition) is 5. The van der Waals surface area contributed by atoms with E-state index in [1.54, 1.807) is 0 Å². The van der Waals surface area contributed by atoms with Crippen molar-refractivity contribution >= 4 is 0 Å². The van der Waals surface area contributed by atoms with Gasteiger partial charge >= 0.3 is 0 Å². The highest BCUT2D eigenvalue weighted by atomic mass is 16.5. The second-order valence-corrected chi connectivity index (χ2v) is 6.85. The molecular weight excluding hydrogens is 340 g/mol. The Balaban J connectivity index is 2.29. The molecule has 26 heavy (non-hydrogen) atoms. The number of aliphatic hydroxyl groups excluding tert-OH is 5. The van der Waals surface area contributed by atoms with Gasteiger partial charge in [0.1, 0.15) is 18.3 Å². The average molecular weight is 370 g/mol. The fraction of sp³-hybridized carbons (Fsp3) is 0.684. The van der Waals surface area contributed by atoms with Crippen LogP contribution in [-0.4, -0.2) is 63.7 Å². The summed E-state index contributed by atoms with van der Waals surface area (Å²) in [6, 6.07) is 3.69. The summed E-state index contributed by atoms with van der Waals surface area (Å²) >= 11 is 0. The Kier molecular flexibility index (Phi) is 7.67. The van der Waals surface area contributed by atoms with Gasteiger partial charge in [0.05, 0.1) is 19.8 Å². The molecule has 0 amide bonds. The van der Waals surface area contributed by atoms with Crippen LogP contribution in [0, 0.1) is 5.92 Å². The smallest absolute Gasteiger partial charge is 0.167 e. The summed E-state index contributed by atoms with van der Waals surface area (Å²) in [5.74, 6) is 0.140. The van der Waals surface area contributed by atoms with E-state index in [2.05, 4.69) is 6.92 Å². The third-order valence-corrected chi connectivity index (χ3v) is 5.00. The fourth-order valence-corrected chi connectivity index (χ4v) is 3.38. The summed E-state index contributed by atoms with van der Waals surface area (Å²) in [6.07, 6.45) is -1.71. The zero-order valence-corrected chi connectivity index (χ0v) is 15.3. The first-order chi connectivity index (χ1) is 12.5. The van der Waals surface area contributed by atoms with Gasteiger partial charge in [0, 0.05) is 18.1 Å². The zero-order chi connectivity index (χ0) is 19.3. The van der Waals surface area contributed by atoms with E-state index in [0.717, 1.165) is 24.8 Å². The molecule has 1 aliphatic carbocycles. The van der Waals surface area contributed by atoms with Crippen LogP contribution in [0.25, 0.3) is 0 Å². The number of ether oxygens (including phenoxy) is 2. The molecule has 7 heteroatoms. The van der Waals surface area contributed by atoms with E-state index in [1.807, 2.05) is 12.1 Å². The molecule has 148 valence electrons. The maximum Gasteiger partial charge on any atom is 0.167 e. The van der Waals surface area contributed by atoms with Gasteiger partial charge in [-0.3, -0.25) is 0 Å². The molecule has 1 aliphatic rings. The minimum atomic E-state index is -1.42. The first-order valence-corrected chi connectivity index (χ1v) is 9.09. The third kappa shape index (κ3) is 4.47. The van der Waals surface area contributed by atoms with E-state index >= 15 is 0 Å². The van der Waals surface area contributed by atoms with E-state index < -0.39 is 30.3 Å². The first kappa shape index (κ1) is 20.9. The Morgan fingerprint density at radius 3 is 2.38 bits per heavy atom. The Morgan fingerprint density at radius 2 is 1.81 bits per heavy atom. The lowest BCUT2D eigenvalue weighted by Crippen LogP contribution is -2.56. The highest BCUT2D eigenvalue weighted by molar-refractivity contribution is 5.49. The number of aryl methyl sites for hydroxylation is 1. The van der Waals surface area contributed by atoms with E-state index in [1.165, 1.54) is 7.11 Å². The average Bonchev–Trinajstić information content (AvgIpc) is 2.66. The molecule has 5 N–H and O–H groups in total. The van der Waals surface area contributed by atoms with Gasteiger partial charge in [0.2, 0.25) is 0 Å². The quantitative estimate of drug-likeness (QED) is 0.448. The van der Waals surface area contributed by atoms with Gasteiger partial charge in [-0.1, -0.05) is 13.3 Å². The maximum atomic E-state index is 10.3. The summed E-state index contributed by atoms with van der Waals surface area (Å²) in [5, 5.41) is 49.3. The number of rotatable bonds is 8. The Morgan fingerprint density at radius 1 is 1.08 bits per heavy atom. The van der Waals surface area contributed by atoms with Crippen molar-refractivity contribution in [3.8, 4) is 11.5 Å². The molecule has 5 unspecified atom stereocenters. The summed E-state index contributed by atoms with van der Waals surface area (Å²) in [4.78, 5) is 0.